The maximum Gasteiger partial charge on any atom is 0.294 e. The normalized spacial score (nSPS) is 17.4. The largest absolute Gasteiger partial charge is 0.503 e. The molecule has 1 aliphatic rings. The standard InChI is InChI=1S/C24H24N2O3/c1-14-8-7-9-15(12-14)26-20(17-13-25-18-11-6-5-10-16(17)18)19(21(27)23(26)29)22(28)24(2,3)4/h5-13,20,25,27H,1-4H3. The Kier molecular flexibility index (Phi) is 4.34. The number of aromatic nitrogens is 1. The number of aliphatic hydroxyl groups is 1. The maximum atomic E-state index is 13.3. The van der Waals surface area contributed by atoms with E-state index in [0.717, 1.165) is 22.0 Å². The van der Waals surface area contributed by atoms with Crippen LogP contribution in [0.3, 0.4) is 0 Å². The Bertz CT molecular complexity index is 1160. The number of carbonyl (C=O) groups is 2. The van der Waals surface area contributed by atoms with Crippen LogP contribution < -0.4 is 4.90 Å². The molecule has 0 bridgehead atoms. The van der Waals surface area contributed by atoms with Gasteiger partial charge in [0.05, 0.1) is 11.6 Å². The Morgan fingerprint density at radius 3 is 2.52 bits per heavy atom. The number of nitrogens with zero attached hydrogens (tertiary/aromatic N) is 1. The Hall–Kier alpha value is -3.34. The number of H-pyrrole nitrogens is 1. The van der Waals surface area contributed by atoms with Gasteiger partial charge in [0.1, 0.15) is 0 Å². The number of hydrogen-bond acceptors (Lipinski definition) is 3. The molecule has 0 saturated carbocycles. The summed E-state index contributed by atoms with van der Waals surface area (Å²) in [6.07, 6.45) is 1.82. The van der Waals surface area contributed by atoms with Crippen LogP contribution in [0.25, 0.3) is 10.9 Å². The van der Waals surface area contributed by atoms with E-state index < -0.39 is 23.1 Å². The molecule has 3 aromatic rings. The molecular formula is C24H24N2O3. The molecule has 29 heavy (non-hydrogen) atoms. The number of benzene rings is 2. The summed E-state index contributed by atoms with van der Waals surface area (Å²) >= 11 is 0. The fraction of sp³-hybridized carbons (Fsp3) is 0.250. The monoisotopic (exact) mass is 388 g/mol. The van der Waals surface area contributed by atoms with E-state index >= 15 is 0 Å². The van der Waals surface area contributed by atoms with E-state index in [2.05, 4.69) is 4.98 Å². The van der Waals surface area contributed by atoms with Crippen molar-refractivity contribution in [1.82, 2.24) is 4.98 Å². The summed E-state index contributed by atoms with van der Waals surface area (Å²) in [6.45, 7) is 7.32. The lowest BCUT2D eigenvalue weighted by molar-refractivity contribution is -0.123. The molecule has 5 heteroatoms. The lowest BCUT2D eigenvalue weighted by Crippen LogP contribution is -2.32. The molecule has 1 aromatic heterocycles. The molecule has 1 unspecified atom stereocenters. The van der Waals surface area contributed by atoms with Gasteiger partial charge in [-0.05, 0) is 30.7 Å². The minimum Gasteiger partial charge on any atom is -0.503 e. The number of hydrogen-bond donors (Lipinski definition) is 2. The molecule has 5 nitrogen and oxygen atoms in total. The fourth-order valence-electron chi connectivity index (χ4n) is 3.90. The number of rotatable bonds is 3. The van der Waals surface area contributed by atoms with Gasteiger partial charge in [-0.3, -0.25) is 14.5 Å². The van der Waals surface area contributed by atoms with Crippen LogP contribution in [0.4, 0.5) is 5.69 Å². The maximum absolute atomic E-state index is 13.3. The molecule has 2 heterocycles. The van der Waals surface area contributed by atoms with Crippen molar-refractivity contribution in [3.63, 3.8) is 0 Å². The van der Waals surface area contributed by atoms with E-state index in [1.54, 1.807) is 20.8 Å². The number of aliphatic hydroxyl groups excluding tert-OH is 1. The molecular weight excluding hydrogens is 364 g/mol. The fourth-order valence-corrected chi connectivity index (χ4v) is 3.90. The molecule has 148 valence electrons. The van der Waals surface area contributed by atoms with Crippen LogP contribution in [-0.2, 0) is 9.59 Å². The number of anilines is 1. The van der Waals surface area contributed by atoms with Gasteiger partial charge in [-0.2, -0.15) is 0 Å². The van der Waals surface area contributed by atoms with E-state index in [1.807, 2.05) is 61.7 Å². The first-order valence-corrected chi connectivity index (χ1v) is 9.64. The van der Waals surface area contributed by atoms with Gasteiger partial charge < -0.3 is 10.1 Å². The van der Waals surface area contributed by atoms with Crippen molar-refractivity contribution in [1.29, 1.82) is 0 Å². The number of Topliss-reactive ketones (excluding diaryl/α,β-unsaturated/α-hetero) is 1. The Morgan fingerprint density at radius 1 is 1.10 bits per heavy atom. The molecule has 0 spiro atoms. The molecule has 1 amide bonds. The number of carbonyl (C=O) groups excluding carboxylic acids is 2. The molecule has 0 aliphatic carbocycles. The van der Waals surface area contributed by atoms with Crippen molar-refractivity contribution in [2.45, 2.75) is 33.7 Å². The molecule has 4 rings (SSSR count). The van der Waals surface area contributed by atoms with Gasteiger partial charge in [-0.15, -0.1) is 0 Å². The Balaban J connectivity index is 1.98. The molecule has 0 radical (unpaired) electrons. The SMILES string of the molecule is Cc1cccc(N2C(=O)C(O)=C(C(=O)C(C)(C)C)C2c2c[nH]c3ccccc23)c1. The molecule has 2 N–H and O–H groups in total. The van der Waals surface area contributed by atoms with Crippen LogP contribution in [-0.4, -0.2) is 21.8 Å². The van der Waals surface area contributed by atoms with E-state index in [9.17, 15) is 14.7 Å². The van der Waals surface area contributed by atoms with Gasteiger partial charge in [0.15, 0.2) is 11.5 Å². The number of ketones is 1. The molecule has 1 aliphatic heterocycles. The molecule has 2 aromatic carbocycles. The zero-order valence-electron chi connectivity index (χ0n) is 17.0. The summed E-state index contributed by atoms with van der Waals surface area (Å²) in [5.41, 5.74) is 2.74. The first-order valence-electron chi connectivity index (χ1n) is 9.64. The number of fused-ring (bicyclic) bond motifs is 1. The van der Waals surface area contributed by atoms with Crippen molar-refractivity contribution < 1.29 is 14.7 Å². The van der Waals surface area contributed by atoms with E-state index in [4.69, 9.17) is 0 Å². The third-order valence-electron chi connectivity index (χ3n) is 5.33. The van der Waals surface area contributed by atoms with Gasteiger partial charge in [0, 0.05) is 33.8 Å². The van der Waals surface area contributed by atoms with Crippen LogP contribution in [0, 0.1) is 12.3 Å². The highest BCUT2D eigenvalue weighted by molar-refractivity contribution is 6.18. The third kappa shape index (κ3) is 3.03. The smallest absolute Gasteiger partial charge is 0.294 e. The Morgan fingerprint density at radius 2 is 1.83 bits per heavy atom. The summed E-state index contributed by atoms with van der Waals surface area (Å²) in [5.74, 6) is -1.27. The Labute approximate surface area is 169 Å². The summed E-state index contributed by atoms with van der Waals surface area (Å²) in [4.78, 5) is 31.2. The molecule has 0 saturated heterocycles. The predicted octanol–water partition coefficient (Wildman–Crippen LogP) is 4.99. The van der Waals surface area contributed by atoms with Gasteiger partial charge in [0.2, 0.25) is 0 Å². The summed E-state index contributed by atoms with van der Waals surface area (Å²) < 4.78 is 0. The van der Waals surface area contributed by atoms with Crippen LogP contribution in [0.5, 0.6) is 0 Å². The third-order valence-corrected chi connectivity index (χ3v) is 5.33. The molecule has 1 atom stereocenters. The summed E-state index contributed by atoms with van der Waals surface area (Å²) in [6, 6.07) is 14.6. The number of nitrogens with one attached hydrogen (secondary N) is 1. The van der Waals surface area contributed by atoms with Crippen molar-refractivity contribution >= 4 is 28.3 Å². The minimum absolute atomic E-state index is 0.147. The topological polar surface area (TPSA) is 73.4 Å². The van der Waals surface area contributed by atoms with Crippen molar-refractivity contribution in [2.75, 3.05) is 4.90 Å². The lowest BCUT2D eigenvalue weighted by atomic mass is 9.82. The van der Waals surface area contributed by atoms with E-state index in [1.165, 1.54) is 4.90 Å². The van der Waals surface area contributed by atoms with Crippen molar-refractivity contribution in [2.24, 2.45) is 5.41 Å². The second kappa shape index (κ2) is 6.62. The van der Waals surface area contributed by atoms with Gasteiger partial charge in [0.25, 0.3) is 5.91 Å². The highest BCUT2D eigenvalue weighted by Gasteiger charge is 2.47. The van der Waals surface area contributed by atoms with E-state index in [-0.39, 0.29) is 11.4 Å². The number of aromatic amines is 1. The number of amides is 1. The zero-order valence-corrected chi connectivity index (χ0v) is 17.0. The quantitative estimate of drug-likeness (QED) is 0.664. The van der Waals surface area contributed by atoms with Gasteiger partial charge in [-0.25, -0.2) is 0 Å². The van der Waals surface area contributed by atoms with Crippen molar-refractivity contribution in [3.05, 3.63) is 77.2 Å². The lowest BCUT2D eigenvalue weighted by Gasteiger charge is -2.28. The summed E-state index contributed by atoms with van der Waals surface area (Å²) in [7, 11) is 0. The minimum atomic E-state index is -0.740. The van der Waals surface area contributed by atoms with Crippen LogP contribution >= 0.6 is 0 Å². The number of aryl methyl sites for hydroxylation is 1. The second-order valence-corrected chi connectivity index (χ2v) is 8.55. The first-order chi connectivity index (χ1) is 13.7. The van der Waals surface area contributed by atoms with Gasteiger partial charge in [-0.1, -0.05) is 51.1 Å². The van der Waals surface area contributed by atoms with Crippen LogP contribution in [0.15, 0.2) is 66.1 Å². The van der Waals surface area contributed by atoms with Crippen molar-refractivity contribution in [3.8, 4) is 0 Å². The highest BCUT2D eigenvalue weighted by atomic mass is 16.3. The first kappa shape index (κ1) is 19.0. The van der Waals surface area contributed by atoms with Crippen LogP contribution in [0.1, 0.15) is 37.9 Å². The number of para-hydroxylation sites is 1. The highest BCUT2D eigenvalue weighted by Crippen LogP contribution is 2.45. The van der Waals surface area contributed by atoms with Crippen LogP contribution in [0.2, 0.25) is 0 Å². The molecule has 0 fully saturated rings. The predicted molar refractivity (Wildman–Crippen MR) is 114 cm³/mol. The second-order valence-electron chi connectivity index (χ2n) is 8.55. The average molecular weight is 388 g/mol. The van der Waals surface area contributed by atoms with Gasteiger partial charge >= 0.3 is 0 Å². The average Bonchev–Trinajstić information content (AvgIpc) is 3.20. The summed E-state index contributed by atoms with van der Waals surface area (Å²) in [5, 5.41) is 11.7. The van der Waals surface area contributed by atoms with E-state index in [0.29, 0.717) is 5.69 Å². The zero-order chi connectivity index (χ0) is 20.9.